The Morgan fingerprint density at radius 1 is 1.14 bits per heavy atom. The summed E-state index contributed by atoms with van der Waals surface area (Å²) in [5.74, 6) is -0.0303. The number of sulfone groups is 1. The number of carbonyl (C=O) groups is 1. The molecule has 8 nitrogen and oxygen atoms in total. The van der Waals surface area contributed by atoms with E-state index in [9.17, 15) is 23.4 Å². The molecule has 0 aliphatic heterocycles. The fourth-order valence-corrected chi connectivity index (χ4v) is 5.20. The van der Waals surface area contributed by atoms with Crippen LogP contribution in [0.1, 0.15) is 54.8 Å². The Hall–Kier alpha value is -3.27. The highest BCUT2D eigenvalue weighted by molar-refractivity contribution is 7.91. The molecule has 3 aromatic rings. The van der Waals surface area contributed by atoms with Crippen LogP contribution in [0, 0.1) is 0 Å². The lowest BCUT2D eigenvalue weighted by atomic mass is 9.75. The zero-order valence-electron chi connectivity index (χ0n) is 21.0. The molecular formula is C28H33N3O5S. The standard InChI is InChI=1S/C28H33N3O5S/c1-19(33)28-29-13-14-31(28)26(17-32)12-5-20-3-6-21(7-4-20)22-8-10-23(11-9-22)24-15-25(16-24)30-27(34)18-37(2,35)36/h3-14,19,24-26,32-33H,15-18H2,1-2H3,(H,30,34)/b12-5+/t19-,24?,25?,26-/m0/s1. The van der Waals surface area contributed by atoms with Gasteiger partial charge in [-0.3, -0.25) is 4.79 Å². The van der Waals surface area contributed by atoms with Gasteiger partial charge in [0.2, 0.25) is 5.91 Å². The molecule has 1 fully saturated rings. The molecule has 3 N–H and O–H groups in total. The zero-order chi connectivity index (χ0) is 26.6. The molecule has 0 saturated heterocycles. The predicted octanol–water partition coefficient (Wildman–Crippen LogP) is 3.26. The van der Waals surface area contributed by atoms with Crippen molar-refractivity contribution in [1.29, 1.82) is 0 Å². The zero-order valence-corrected chi connectivity index (χ0v) is 21.8. The average molecular weight is 524 g/mol. The van der Waals surface area contributed by atoms with Gasteiger partial charge in [-0.05, 0) is 47.9 Å². The van der Waals surface area contributed by atoms with Crippen LogP contribution in [0.2, 0.25) is 0 Å². The number of hydrogen-bond donors (Lipinski definition) is 3. The van der Waals surface area contributed by atoms with Crippen LogP contribution in [0.15, 0.2) is 67.0 Å². The van der Waals surface area contributed by atoms with Crippen LogP contribution >= 0.6 is 0 Å². The van der Waals surface area contributed by atoms with E-state index in [-0.39, 0.29) is 18.7 Å². The molecule has 37 heavy (non-hydrogen) atoms. The van der Waals surface area contributed by atoms with Crippen LogP contribution in [-0.4, -0.2) is 58.7 Å². The number of aliphatic hydroxyl groups excluding tert-OH is 2. The van der Waals surface area contributed by atoms with Gasteiger partial charge in [0.1, 0.15) is 17.7 Å². The molecule has 1 aliphatic rings. The molecule has 0 radical (unpaired) electrons. The van der Waals surface area contributed by atoms with E-state index in [0.29, 0.717) is 11.7 Å². The number of imidazole rings is 1. The Labute approximate surface area is 217 Å². The summed E-state index contributed by atoms with van der Waals surface area (Å²) in [6.45, 7) is 1.54. The highest BCUT2D eigenvalue weighted by atomic mass is 32.2. The van der Waals surface area contributed by atoms with Gasteiger partial charge in [-0.2, -0.15) is 0 Å². The van der Waals surface area contributed by atoms with Crippen molar-refractivity contribution in [2.75, 3.05) is 18.6 Å². The molecule has 2 aromatic carbocycles. The summed E-state index contributed by atoms with van der Waals surface area (Å²) >= 11 is 0. The molecule has 4 rings (SSSR count). The average Bonchev–Trinajstić information content (AvgIpc) is 3.31. The van der Waals surface area contributed by atoms with E-state index in [0.717, 1.165) is 35.8 Å². The van der Waals surface area contributed by atoms with Crippen LogP contribution in [-0.2, 0) is 14.6 Å². The smallest absolute Gasteiger partial charge is 0.235 e. The van der Waals surface area contributed by atoms with Crippen molar-refractivity contribution in [3.05, 3.63) is 84.0 Å². The molecule has 9 heteroatoms. The van der Waals surface area contributed by atoms with Crippen molar-refractivity contribution in [2.45, 2.75) is 43.9 Å². The maximum absolute atomic E-state index is 11.8. The fraction of sp³-hybridized carbons (Fsp3) is 0.357. The van der Waals surface area contributed by atoms with E-state index in [2.05, 4.69) is 46.7 Å². The normalized spacial score (nSPS) is 19.4. The van der Waals surface area contributed by atoms with Gasteiger partial charge < -0.3 is 20.1 Å². The minimum absolute atomic E-state index is 0.0253. The molecule has 1 heterocycles. The van der Waals surface area contributed by atoms with Gasteiger partial charge in [0.25, 0.3) is 0 Å². The second-order valence-corrected chi connectivity index (χ2v) is 11.9. The fourth-order valence-electron chi connectivity index (χ4n) is 4.64. The molecule has 1 amide bonds. The summed E-state index contributed by atoms with van der Waals surface area (Å²) < 4.78 is 24.3. The van der Waals surface area contributed by atoms with Crippen LogP contribution in [0.4, 0.5) is 0 Å². The first-order valence-electron chi connectivity index (χ1n) is 12.3. The summed E-state index contributed by atoms with van der Waals surface area (Å²) in [5.41, 5.74) is 4.40. The minimum Gasteiger partial charge on any atom is -0.394 e. The largest absolute Gasteiger partial charge is 0.394 e. The number of hydrogen-bond acceptors (Lipinski definition) is 6. The third-order valence-corrected chi connectivity index (χ3v) is 7.44. The number of benzene rings is 2. The minimum atomic E-state index is -3.31. The number of nitrogens with one attached hydrogen (secondary N) is 1. The Bertz CT molecular complexity index is 1340. The molecule has 0 unspecified atom stereocenters. The Morgan fingerprint density at radius 3 is 2.32 bits per heavy atom. The summed E-state index contributed by atoms with van der Waals surface area (Å²) in [4.78, 5) is 16.0. The van der Waals surface area contributed by atoms with E-state index in [1.165, 1.54) is 5.56 Å². The van der Waals surface area contributed by atoms with Crippen molar-refractivity contribution in [3.63, 3.8) is 0 Å². The molecule has 196 valence electrons. The van der Waals surface area contributed by atoms with Crippen molar-refractivity contribution in [2.24, 2.45) is 0 Å². The Kier molecular flexibility index (Phi) is 8.26. The monoisotopic (exact) mass is 523 g/mol. The second-order valence-electron chi connectivity index (χ2n) is 9.72. The first-order chi connectivity index (χ1) is 17.6. The summed E-state index contributed by atoms with van der Waals surface area (Å²) in [6.07, 6.45) is 9.16. The molecule has 0 spiro atoms. The number of carbonyl (C=O) groups excluding carboxylic acids is 1. The van der Waals surface area contributed by atoms with E-state index >= 15 is 0 Å². The van der Waals surface area contributed by atoms with Gasteiger partial charge in [-0.25, -0.2) is 13.4 Å². The quantitative estimate of drug-likeness (QED) is 0.375. The SMILES string of the molecule is C[C@H](O)c1nccn1[C@@H](/C=C/c1ccc(-c2ccc(C3CC(NC(=O)CS(C)(=O)=O)C3)cc2)cc1)CO. The van der Waals surface area contributed by atoms with Crippen molar-refractivity contribution in [3.8, 4) is 11.1 Å². The van der Waals surface area contributed by atoms with Gasteiger partial charge in [0, 0.05) is 24.7 Å². The predicted molar refractivity (Wildman–Crippen MR) is 144 cm³/mol. The summed E-state index contributed by atoms with van der Waals surface area (Å²) in [7, 11) is -3.31. The number of rotatable bonds is 10. The van der Waals surface area contributed by atoms with Crippen molar-refractivity contribution < 1.29 is 23.4 Å². The van der Waals surface area contributed by atoms with Crippen LogP contribution in [0.5, 0.6) is 0 Å². The van der Waals surface area contributed by atoms with Gasteiger partial charge >= 0.3 is 0 Å². The lowest BCUT2D eigenvalue weighted by Gasteiger charge is -2.36. The number of amides is 1. The first-order valence-corrected chi connectivity index (χ1v) is 14.4. The first kappa shape index (κ1) is 26.8. The molecule has 1 saturated carbocycles. The van der Waals surface area contributed by atoms with Gasteiger partial charge in [-0.1, -0.05) is 60.7 Å². The van der Waals surface area contributed by atoms with E-state index in [4.69, 9.17) is 0 Å². The van der Waals surface area contributed by atoms with Gasteiger partial charge in [-0.15, -0.1) is 0 Å². The summed E-state index contributed by atoms with van der Waals surface area (Å²) in [5, 5.41) is 22.5. The van der Waals surface area contributed by atoms with E-state index in [1.54, 1.807) is 23.9 Å². The Morgan fingerprint density at radius 2 is 1.76 bits per heavy atom. The maximum atomic E-state index is 11.8. The molecular weight excluding hydrogens is 490 g/mol. The Balaban J connectivity index is 1.33. The number of aromatic nitrogens is 2. The summed E-state index contributed by atoms with van der Waals surface area (Å²) in [6, 6.07) is 16.3. The van der Waals surface area contributed by atoms with Crippen LogP contribution in [0.25, 0.3) is 17.2 Å². The number of aliphatic hydroxyl groups is 2. The lowest BCUT2D eigenvalue weighted by Crippen LogP contribution is -2.45. The van der Waals surface area contributed by atoms with Crippen LogP contribution in [0.3, 0.4) is 0 Å². The molecule has 0 bridgehead atoms. The van der Waals surface area contributed by atoms with Gasteiger partial charge in [0.15, 0.2) is 9.84 Å². The maximum Gasteiger partial charge on any atom is 0.235 e. The van der Waals surface area contributed by atoms with E-state index in [1.807, 2.05) is 24.3 Å². The third kappa shape index (κ3) is 6.94. The van der Waals surface area contributed by atoms with Crippen molar-refractivity contribution >= 4 is 21.8 Å². The molecule has 1 aliphatic carbocycles. The van der Waals surface area contributed by atoms with Crippen LogP contribution < -0.4 is 5.32 Å². The lowest BCUT2D eigenvalue weighted by molar-refractivity contribution is -0.119. The third-order valence-electron chi connectivity index (χ3n) is 6.65. The van der Waals surface area contributed by atoms with Gasteiger partial charge in [0.05, 0.1) is 12.6 Å². The highest BCUT2D eigenvalue weighted by Gasteiger charge is 2.31. The second kappa shape index (κ2) is 11.4. The highest BCUT2D eigenvalue weighted by Crippen LogP contribution is 2.37. The molecule has 2 atom stereocenters. The molecule has 1 aromatic heterocycles. The topological polar surface area (TPSA) is 122 Å². The van der Waals surface area contributed by atoms with E-state index < -0.39 is 27.6 Å². The number of nitrogens with zero attached hydrogens (tertiary/aromatic N) is 2. The van der Waals surface area contributed by atoms with Crippen molar-refractivity contribution in [1.82, 2.24) is 14.9 Å².